The van der Waals surface area contributed by atoms with Crippen LogP contribution >= 0.6 is 11.8 Å². The first kappa shape index (κ1) is 5.91. The van der Waals surface area contributed by atoms with Crippen molar-refractivity contribution in [1.29, 1.82) is 0 Å². The molecular weight excluding hydrogens is 124 g/mol. The molecule has 1 aliphatic rings. The highest BCUT2D eigenvalue weighted by Gasteiger charge is 2.11. The van der Waals surface area contributed by atoms with Gasteiger partial charge < -0.3 is 5.32 Å². The third kappa shape index (κ3) is 1.38. The molecule has 1 rings (SSSR count). The number of carbonyl (C=O) groups is 1. The van der Waals surface area contributed by atoms with E-state index >= 15 is 0 Å². The molecule has 1 amide bonds. The van der Waals surface area contributed by atoms with Crippen LogP contribution < -0.4 is 10.6 Å². The Balaban J connectivity index is 2.14. The van der Waals surface area contributed by atoms with E-state index in [-0.39, 0.29) is 5.50 Å². The van der Waals surface area contributed by atoms with Crippen LogP contribution in [0.3, 0.4) is 0 Å². The molecule has 4 heteroatoms. The molecule has 1 heterocycles. The molecule has 1 unspecified atom stereocenters. The van der Waals surface area contributed by atoms with Crippen LogP contribution in [0, 0.1) is 0 Å². The van der Waals surface area contributed by atoms with Gasteiger partial charge in [-0.15, -0.1) is 11.8 Å². The van der Waals surface area contributed by atoms with Gasteiger partial charge in [0.2, 0.25) is 6.41 Å². The van der Waals surface area contributed by atoms with Gasteiger partial charge in [-0.1, -0.05) is 0 Å². The highest BCUT2D eigenvalue weighted by atomic mass is 32.2. The van der Waals surface area contributed by atoms with Gasteiger partial charge in [0.25, 0.3) is 0 Å². The largest absolute Gasteiger partial charge is 0.334 e. The fraction of sp³-hybridized carbons (Fsp3) is 0.750. The van der Waals surface area contributed by atoms with Gasteiger partial charge in [0.1, 0.15) is 5.50 Å². The average Bonchev–Trinajstić information content (AvgIpc) is 2.19. The van der Waals surface area contributed by atoms with Gasteiger partial charge in [0.15, 0.2) is 0 Å². The van der Waals surface area contributed by atoms with E-state index in [4.69, 9.17) is 0 Å². The van der Waals surface area contributed by atoms with E-state index in [0.717, 1.165) is 18.7 Å². The van der Waals surface area contributed by atoms with Gasteiger partial charge in [-0.25, -0.2) is 0 Å². The summed E-state index contributed by atoms with van der Waals surface area (Å²) in [5, 5.41) is 5.69. The van der Waals surface area contributed by atoms with Crippen LogP contribution in [0.5, 0.6) is 0 Å². The molecule has 0 spiro atoms. The molecule has 0 bridgehead atoms. The second-order valence-corrected chi connectivity index (χ2v) is 2.70. The third-order valence-electron chi connectivity index (χ3n) is 0.936. The van der Waals surface area contributed by atoms with E-state index in [9.17, 15) is 4.79 Å². The molecule has 2 N–H and O–H groups in total. The van der Waals surface area contributed by atoms with Crippen molar-refractivity contribution >= 4 is 18.2 Å². The van der Waals surface area contributed by atoms with Crippen LogP contribution in [0.1, 0.15) is 0 Å². The summed E-state index contributed by atoms with van der Waals surface area (Å²) in [6.45, 7) is 0.996. The van der Waals surface area contributed by atoms with E-state index in [1.165, 1.54) is 0 Å². The summed E-state index contributed by atoms with van der Waals surface area (Å²) in [6, 6.07) is 0. The van der Waals surface area contributed by atoms with E-state index < -0.39 is 0 Å². The van der Waals surface area contributed by atoms with Crippen molar-refractivity contribution in [3.8, 4) is 0 Å². The predicted molar refractivity (Wildman–Crippen MR) is 33.4 cm³/mol. The molecule has 1 atom stereocenters. The summed E-state index contributed by atoms with van der Waals surface area (Å²) in [5.74, 6) is 1.09. The van der Waals surface area contributed by atoms with Crippen molar-refractivity contribution in [2.24, 2.45) is 0 Å². The molecule has 0 saturated carbocycles. The van der Waals surface area contributed by atoms with Crippen molar-refractivity contribution in [2.45, 2.75) is 5.50 Å². The zero-order valence-corrected chi connectivity index (χ0v) is 5.20. The second-order valence-electron chi connectivity index (χ2n) is 1.49. The van der Waals surface area contributed by atoms with E-state index in [1.54, 1.807) is 11.8 Å². The molecule has 0 aliphatic carbocycles. The van der Waals surface area contributed by atoms with E-state index in [1.807, 2.05) is 0 Å². The van der Waals surface area contributed by atoms with Crippen LogP contribution in [0.4, 0.5) is 0 Å². The highest BCUT2D eigenvalue weighted by Crippen LogP contribution is 2.08. The minimum Gasteiger partial charge on any atom is -0.334 e. The van der Waals surface area contributed by atoms with Crippen molar-refractivity contribution in [1.82, 2.24) is 10.6 Å². The van der Waals surface area contributed by atoms with Gasteiger partial charge in [-0.05, 0) is 0 Å². The average molecular weight is 132 g/mol. The number of nitrogens with one attached hydrogen (secondary N) is 2. The third-order valence-corrected chi connectivity index (χ3v) is 2.01. The van der Waals surface area contributed by atoms with Gasteiger partial charge in [0, 0.05) is 12.3 Å². The summed E-state index contributed by atoms with van der Waals surface area (Å²) in [7, 11) is 0. The zero-order valence-electron chi connectivity index (χ0n) is 4.39. The Labute approximate surface area is 52.2 Å². The molecule has 1 fully saturated rings. The normalized spacial score (nSPS) is 27.8. The lowest BCUT2D eigenvalue weighted by Crippen LogP contribution is -2.33. The first-order valence-corrected chi connectivity index (χ1v) is 3.53. The van der Waals surface area contributed by atoms with Gasteiger partial charge in [-0.3, -0.25) is 10.1 Å². The van der Waals surface area contributed by atoms with Crippen LogP contribution in [0.15, 0.2) is 0 Å². The Kier molecular flexibility index (Phi) is 2.17. The van der Waals surface area contributed by atoms with Crippen LogP contribution in [0.2, 0.25) is 0 Å². The summed E-state index contributed by atoms with van der Waals surface area (Å²) in [6.07, 6.45) is 0.718. The molecule has 1 aliphatic heterocycles. The van der Waals surface area contributed by atoms with Crippen LogP contribution in [-0.2, 0) is 4.79 Å². The minimum absolute atomic E-state index is 0.160. The number of hydrogen-bond acceptors (Lipinski definition) is 3. The lowest BCUT2D eigenvalue weighted by molar-refractivity contribution is -0.109. The standard InChI is InChI=1S/C4H8N2OS/c7-3-6-4-5-1-2-8-4/h3-5H,1-2H2,(H,6,7). The molecule has 0 radical (unpaired) electrons. The van der Waals surface area contributed by atoms with Gasteiger partial charge >= 0.3 is 0 Å². The second kappa shape index (κ2) is 2.94. The molecule has 1 saturated heterocycles. The smallest absolute Gasteiger partial charge is 0.208 e. The Morgan fingerprint density at radius 2 is 2.75 bits per heavy atom. The van der Waals surface area contributed by atoms with Crippen molar-refractivity contribution < 1.29 is 4.79 Å². The number of thioether (sulfide) groups is 1. The predicted octanol–water partition coefficient (Wildman–Crippen LogP) is -0.648. The number of hydrogen-bond donors (Lipinski definition) is 2. The Morgan fingerprint density at radius 3 is 3.25 bits per heavy atom. The van der Waals surface area contributed by atoms with Crippen LogP contribution in [0.25, 0.3) is 0 Å². The summed E-state index contributed by atoms with van der Waals surface area (Å²) >= 11 is 1.71. The molecule has 3 nitrogen and oxygen atoms in total. The lowest BCUT2D eigenvalue weighted by atomic mass is 10.7. The fourth-order valence-electron chi connectivity index (χ4n) is 0.595. The molecule has 0 aromatic carbocycles. The Morgan fingerprint density at radius 1 is 1.88 bits per heavy atom. The summed E-state index contributed by atoms with van der Waals surface area (Å²) in [4.78, 5) is 9.80. The van der Waals surface area contributed by atoms with Crippen LogP contribution in [-0.4, -0.2) is 24.2 Å². The zero-order chi connectivity index (χ0) is 5.82. The number of carbonyl (C=O) groups excluding carboxylic acids is 1. The topological polar surface area (TPSA) is 41.1 Å². The van der Waals surface area contributed by atoms with Crippen molar-refractivity contribution in [3.63, 3.8) is 0 Å². The first-order chi connectivity index (χ1) is 3.93. The first-order valence-electron chi connectivity index (χ1n) is 2.48. The molecule has 0 aromatic heterocycles. The minimum atomic E-state index is 0.160. The maximum atomic E-state index is 9.80. The van der Waals surface area contributed by atoms with Crippen molar-refractivity contribution in [2.75, 3.05) is 12.3 Å². The van der Waals surface area contributed by atoms with E-state index in [2.05, 4.69) is 10.6 Å². The molecular formula is C4H8N2OS. The molecule has 0 aromatic rings. The van der Waals surface area contributed by atoms with Gasteiger partial charge in [0.05, 0.1) is 0 Å². The Hall–Kier alpha value is -0.220. The fourth-order valence-corrected chi connectivity index (χ4v) is 1.45. The molecule has 46 valence electrons. The van der Waals surface area contributed by atoms with Crippen molar-refractivity contribution in [3.05, 3.63) is 0 Å². The number of amides is 1. The van der Waals surface area contributed by atoms with Gasteiger partial charge in [-0.2, -0.15) is 0 Å². The van der Waals surface area contributed by atoms with E-state index in [0.29, 0.717) is 0 Å². The lowest BCUT2D eigenvalue weighted by Gasteiger charge is -2.04. The maximum Gasteiger partial charge on any atom is 0.208 e. The summed E-state index contributed by atoms with van der Waals surface area (Å²) < 4.78 is 0. The highest BCUT2D eigenvalue weighted by molar-refractivity contribution is 8.00. The molecule has 8 heavy (non-hydrogen) atoms. The summed E-state index contributed by atoms with van der Waals surface area (Å²) in [5.41, 5.74) is 0.160. The maximum absolute atomic E-state index is 9.80. The SMILES string of the molecule is O=CNC1NCCS1. The Bertz CT molecular complexity index is 82.1. The number of rotatable bonds is 2. The quantitative estimate of drug-likeness (QED) is 0.491. The monoisotopic (exact) mass is 132 g/mol.